The second-order valence-corrected chi connectivity index (χ2v) is 7.22. The second-order valence-electron chi connectivity index (χ2n) is 7.22. The number of carbonyl (C=O) groups is 1. The van der Waals surface area contributed by atoms with Gasteiger partial charge in [-0.3, -0.25) is 9.79 Å². The fourth-order valence-electron chi connectivity index (χ4n) is 3.74. The number of hydrogen-bond donors (Lipinski definition) is 2. The molecule has 8 heteroatoms. The minimum atomic E-state index is -0.281. The molecule has 7 nitrogen and oxygen atoms in total. The Morgan fingerprint density at radius 2 is 2.11 bits per heavy atom. The molecule has 142 valence electrons. The molecule has 3 atom stereocenters. The third-order valence-corrected chi connectivity index (χ3v) is 5.17. The van der Waals surface area contributed by atoms with Gasteiger partial charge < -0.3 is 15.5 Å². The molecule has 4 rings (SSSR count). The van der Waals surface area contributed by atoms with Crippen molar-refractivity contribution in [1.82, 2.24) is 25.3 Å². The Bertz CT molecular complexity index is 861. The van der Waals surface area contributed by atoms with Crippen molar-refractivity contribution in [1.29, 1.82) is 0 Å². The van der Waals surface area contributed by atoms with E-state index < -0.39 is 0 Å². The van der Waals surface area contributed by atoms with Crippen molar-refractivity contribution in [2.75, 3.05) is 20.1 Å². The van der Waals surface area contributed by atoms with Crippen LogP contribution in [-0.2, 0) is 4.79 Å². The summed E-state index contributed by atoms with van der Waals surface area (Å²) in [6.45, 7) is 3.50. The number of nitrogens with one attached hydrogen (secondary N) is 2. The molecule has 1 unspecified atom stereocenters. The minimum absolute atomic E-state index is 0.0568. The minimum Gasteiger partial charge on any atom is -0.356 e. The Kier molecular flexibility index (Phi) is 4.55. The quantitative estimate of drug-likeness (QED) is 0.855. The zero-order valence-corrected chi connectivity index (χ0v) is 15.4. The average Bonchev–Trinajstić information content (AvgIpc) is 3.35. The smallest absolute Gasteiger partial charge is 0.223 e. The highest BCUT2D eigenvalue weighted by Gasteiger charge is 2.39. The molecular weight excluding hydrogens is 347 g/mol. The summed E-state index contributed by atoms with van der Waals surface area (Å²) in [5, 5.41) is 11.0. The number of aliphatic imine (C=N–C) groups is 1. The first-order chi connectivity index (χ1) is 13.0. The van der Waals surface area contributed by atoms with Crippen LogP contribution in [0.3, 0.4) is 0 Å². The molecule has 0 spiro atoms. The molecule has 1 fully saturated rings. The molecule has 0 radical (unpaired) electrons. The molecule has 27 heavy (non-hydrogen) atoms. The van der Waals surface area contributed by atoms with Gasteiger partial charge in [-0.25, -0.2) is 9.07 Å². The first kappa shape index (κ1) is 17.5. The van der Waals surface area contributed by atoms with Gasteiger partial charge in [0.05, 0.1) is 24.5 Å². The Hall–Kier alpha value is -2.90. The van der Waals surface area contributed by atoms with Crippen molar-refractivity contribution in [3.8, 4) is 5.69 Å². The molecule has 2 aromatic rings. The van der Waals surface area contributed by atoms with Gasteiger partial charge in [-0.15, -0.1) is 0 Å². The van der Waals surface area contributed by atoms with Gasteiger partial charge in [-0.2, -0.15) is 5.10 Å². The van der Waals surface area contributed by atoms with E-state index in [4.69, 9.17) is 0 Å². The summed E-state index contributed by atoms with van der Waals surface area (Å²) in [5.41, 5.74) is 1.75. The number of amides is 1. The maximum atomic E-state index is 13.1. The standard InChI is InChI=1S/C19H23FN6O/c1-12-8-21-19(24-12)22-9-13-7-17(27)25(2)18(13)14-10-23-26(11-14)16-5-3-15(20)4-6-16/h3-6,10-13,18H,7-9H2,1-2H3,(H2,21,22,24)/t12?,13-,18+/m0/s1. The molecule has 0 bridgehead atoms. The lowest BCUT2D eigenvalue weighted by atomic mass is 9.96. The summed E-state index contributed by atoms with van der Waals surface area (Å²) in [5.74, 6) is 0.756. The highest BCUT2D eigenvalue weighted by molar-refractivity contribution is 5.82. The number of halogens is 1. The van der Waals surface area contributed by atoms with Crippen molar-refractivity contribution in [3.05, 3.63) is 48.0 Å². The lowest BCUT2D eigenvalue weighted by molar-refractivity contribution is -0.127. The van der Waals surface area contributed by atoms with E-state index in [1.54, 1.807) is 27.9 Å². The summed E-state index contributed by atoms with van der Waals surface area (Å²) in [6, 6.07) is 6.46. The molecule has 1 saturated heterocycles. The number of hydrogen-bond acceptors (Lipinski definition) is 5. The molecular formula is C19H23FN6O. The van der Waals surface area contributed by atoms with Crippen LogP contribution >= 0.6 is 0 Å². The van der Waals surface area contributed by atoms with Crippen LogP contribution in [0.4, 0.5) is 4.39 Å². The van der Waals surface area contributed by atoms with Gasteiger partial charge in [-0.05, 0) is 31.2 Å². The van der Waals surface area contributed by atoms with Gasteiger partial charge in [-0.1, -0.05) is 0 Å². The number of benzene rings is 1. The van der Waals surface area contributed by atoms with Gasteiger partial charge in [0.15, 0.2) is 5.96 Å². The predicted octanol–water partition coefficient (Wildman–Crippen LogP) is 1.47. The Balaban J connectivity index is 1.51. The van der Waals surface area contributed by atoms with Crippen LogP contribution in [0.1, 0.15) is 24.9 Å². The van der Waals surface area contributed by atoms with Crippen LogP contribution in [0.5, 0.6) is 0 Å². The Morgan fingerprint density at radius 1 is 1.33 bits per heavy atom. The van der Waals surface area contributed by atoms with E-state index in [2.05, 4.69) is 27.6 Å². The van der Waals surface area contributed by atoms with Crippen LogP contribution < -0.4 is 10.6 Å². The number of guanidine groups is 1. The lowest BCUT2D eigenvalue weighted by Gasteiger charge is -2.24. The third-order valence-electron chi connectivity index (χ3n) is 5.17. The highest BCUT2D eigenvalue weighted by Crippen LogP contribution is 2.36. The summed E-state index contributed by atoms with van der Waals surface area (Å²) in [6.07, 6.45) is 4.18. The number of likely N-dealkylation sites (tertiary alicyclic amines) is 1. The van der Waals surface area contributed by atoms with E-state index in [1.807, 2.05) is 13.2 Å². The van der Waals surface area contributed by atoms with E-state index >= 15 is 0 Å². The molecule has 1 aromatic heterocycles. The monoisotopic (exact) mass is 370 g/mol. The van der Waals surface area contributed by atoms with E-state index in [0.717, 1.165) is 23.8 Å². The van der Waals surface area contributed by atoms with Crippen molar-refractivity contribution in [3.63, 3.8) is 0 Å². The summed E-state index contributed by atoms with van der Waals surface area (Å²) < 4.78 is 14.8. The fourth-order valence-corrected chi connectivity index (χ4v) is 3.74. The zero-order valence-electron chi connectivity index (χ0n) is 15.4. The molecule has 2 N–H and O–H groups in total. The first-order valence-corrected chi connectivity index (χ1v) is 9.12. The van der Waals surface area contributed by atoms with Crippen LogP contribution in [0.15, 0.2) is 41.7 Å². The van der Waals surface area contributed by atoms with Crippen molar-refractivity contribution >= 4 is 11.9 Å². The van der Waals surface area contributed by atoms with E-state index in [1.165, 1.54) is 12.1 Å². The van der Waals surface area contributed by atoms with Crippen LogP contribution in [0.2, 0.25) is 0 Å². The van der Waals surface area contributed by atoms with Gasteiger partial charge in [0.25, 0.3) is 0 Å². The number of carbonyl (C=O) groups excluding carboxylic acids is 1. The highest BCUT2D eigenvalue weighted by atomic mass is 19.1. The number of aromatic nitrogens is 2. The summed E-state index contributed by atoms with van der Waals surface area (Å²) >= 11 is 0. The van der Waals surface area contributed by atoms with Crippen molar-refractivity contribution in [2.24, 2.45) is 10.9 Å². The fraction of sp³-hybridized carbons (Fsp3) is 0.421. The molecule has 2 aliphatic heterocycles. The summed E-state index contributed by atoms with van der Waals surface area (Å²) in [4.78, 5) is 18.5. The van der Waals surface area contributed by atoms with Gasteiger partial charge in [0, 0.05) is 43.7 Å². The van der Waals surface area contributed by atoms with Crippen LogP contribution in [0, 0.1) is 11.7 Å². The van der Waals surface area contributed by atoms with Crippen LogP contribution in [-0.4, -0.2) is 52.7 Å². The van der Waals surface area contributed by atoms with E-state index in [-0.39, 0.29) is 23.7 Å². The third kappa shape index (κ3) is 3.51. The van der Waals surface area contributed by atoms with Crippen molar-refractivity contribution in [2.45, 2.75) is 25.4 Å². The maximum absolute atomic E-state index is 13.1. The normalized spacial score (nSPS) is 24.9. The molecule has 0 aliphatic carbocycles. The molecule has 1 aromatic carbocycles. The molecule has 0 saturated carbocycles. The van der Waals surface area contributed by atoms with Gasteiger partial charge >= 0.3 is 0 Å². The van der Waals surface area contributed by atoms with Crippen molar-refractivity contribution < 1.29 is 9.18 Å². The largest absolute Gasteiger partial charge is 0.356 e. The van der Waals surface area contributed by atoms with E-state index in [0.29, 0.717) is 19.0 Å². The molecule has 2 aliphatic rings. The topological polar surface area (TPSA) is 74.5 Å². The molecule has 3 heterocycles. The maximum Gasteiger partial charge on any atom is 0.223 e. The summed E-state index contributed by atoms with van der Waals surface area (Å²) in [7, 11) is 1.83. The Labute approximate surface area is 157 Å². The first-order valence-electron chi connectivity index (χ1n) is 9.12. The SMILES string of the molecule is CC1CN=C(NC[C@@H]2CC(=O)N(C)[C@H]2c2cnn(-c3ccc(F)cc3)c2)N1. The van der Waals surface area contributed by atoms with Crippen LogP contribution in [0.25, 0.3) is 5.69 Å². The average molecular weight is 370 g/mol. The molecule has 1 amide bonds. The van der Waals surface area contributed by atoms with E-state index in [9.17, 15) is 9.18 Å². The number of rotatable bonds is 4. The van der Waals surface area contributed by atoms with Gasteiger partial charge in [0.2, 0.25) is 5.91 Å². The second kappa shape index (κ2) is 7.02. The van der Waals surface area contributed by atoms with Gasteiger partial charge in [0.1, 0.15) is 5.82 Å². The Morgan fingerprint density at radius 3 is 2.81 bits per heavy atom. The lowest BCUT2D eigenvalue weighted by Crippen LogP contribution is -2.40. The zero-order chi connectivity index (χ0) is 19.0. The predicted molar refractivity (Wildman–Crippen MR) is 100 cm³/mol. The number of nitrogens with zero attached hydrogens (tertiary/aromatic N) is 4.